The second-order valence-electron chi connectivity index (χ2n) is 15.7. The molecule has 1 heterocycles. The van der Waals surface area contributed by atoms with E-state index in [1.54, 1.807) is 0 Å². The van der Waals surface area contributed by atoms with E-state index in [1.807, 2.05) is 0 Å². The Morgan fingerprint density at radius 2 is 0.927 bits per heavy atom. The van der Waals surface area contributed by atoms with Crippen molar-refractivity contribution in [3.63, 3.8) is 0 Å². The Hall–Kier alpha value is -1.75. The zero-order valence-electron chi connectivity index (χ0n) is 35.6. The van der Waals surface area contributed by atoms with Crippen molar-refractivity contribution >= 4 is 22.2 Å². The highest BCUT2D eigenvalue weighted by molar-refractivity contribution is 7.84. The first-order valence-electron chi connectivity index (χ1n) is 22.9. The predicted molar refractivity (Wildman–Crippen MR) is 228 cm³/mol. The predicted octanol–water partition coefficient (Wildman–Crippen LogP) is 11.5. The molecule has 322 valence electrons. The fourth-order valence-electron chi connectivity index (χ4n) is 6.85. The molecule has 0 aromatic carbocycles. The maximum Gasteiger partial charge on any atom is 0.336 e. The van der Waals surface area contributed by atoms with Crippen molar-refractivity contribution in [2.24, 2.45) is 0 Å². The molecule has 1 rings (SSSR count). The van der Waals surface area contributed by atoms with E-state index in [0.29, 0.717) is 6.54 Å². The Kier molecular flexibility index (Phi) is 35.2. The zero-order valence-corrected chi connectivity index (χ0v) is 36.4. The number of esters is 2. The molecule has 0 aromatic heterocycles. The highest BCUT2D eigenvalue weighted by Crippen LogP contribution is 2.13. The average Bonchev–Trinajstić information content (AvgIpc) is 3.69. The molecule has 0 aromatic rings. The van der Waals surface area contributed by atoms with E-state index in [0.717, 1.165) is 103 Å². The van der Waals surface area contributed by atoms with Gasteiger partial charge in [0.15, 0.2) is 0 Å². The van der Waals surface area contributed by atoms with Crippen LogP contribution in [0.1, 0.15) is 206 Å². The Labute approximate surface area is 338 Å². The molecule has 0 radical (unpaired) electrons. The standard InChI is InChI=1S/C45H84N2O7S/c1-3-5-7-9-11-13-15-17-19-21-23-25-27-29-31-35-44(48)52-41-43(46-55(50,51)54-40-39-47-37-33-34-38-47)42-53-45(49)36-32-30-28-26-24-22-20-18-16-14-12-10-8-6-4-2/h17-20,43,46H,3-16,21-42H2,1-2H3. The maximum absolute atomic E-state index is 12.7. The van der Waals surface area contributed by atoms with Crippen molar-refractivity contribution < 1.29 is 31.7 Å². The number of ether oxygens (including phenoxy) is 2. The minimum atomic E-state index is -4.12. The molecule has 0 spiro atoms. The van der Waals surface area contributed by atoms with Gasteiger partial charge in [0.2, 0.25) is 0 Å². The molecule has 0 aliphatic carbocycles. The molecule has 0 bridgehead atoms. The van der Waals surface area contributed by atoms with Gasteiger partial charge in [-0.3, -0.25) is 13.8 Å². The lowest BCUT2D eigenvalue weighted by atomic mass is 10.1. The zero-order chi connectivity index (χ0) is 39.9. The number of nitrogens with zero attached hydrogens (tertiary/aromatic N) is 1. The molecule has 0 atom stereocenters. The molecule has 9 nitrogen and oxygen atoms in total. The molecule has 1 fully saturated rings. The average molecular weight is 797 g/mol. The Morgan fingerprint density at radius 1 is 0.564 bits per heavy atom. The molecule has 1 aliphatic rings. The third-order valence-corrected chi connectivity index (χ3v) is 11.4. The normalized spacial score (nSPS) is 14.4. The molecule has 0 saturated carbocycles. The third kappa shape index (κ3) is 35.2. The van der Waals surface area contributed by atoms with Crippen LogP contribution in [0.15, 0.2) is 24.3 Å². The third-order valence-electron chi connectivity index (χ3n) is 10.3. The van der Waals surface area contributed by atoms with Crippen LogP contribution < -0.4 is 4.72 Å². The minimum absolute atomic E-state index is 0.0343. The SMILES string of the molecule is CCCCCCCCC=CCCCCCCCC(=O)OCC(COC(=O)CCCCCCCC=CCCCCCCCC)NS(=O)(=O)OCCN1CCCC1. The largest absolute Gasteiger partial charge is 0.464 e. The topological polar surface area (TPSA) is 111 Å². The van der Waals surface area contributed by atoms with Crippen LogP contribution in [0.2, 0.25) is 0 Å². The molecule has 1 N–H and O–H groups in total. The van der Waals surface area contributed by atoms with Crippen LogP contribution in [0.4, 0.5) is 0 Å². The quantitative estimate of drug-likeness (QED) is 0.0371. The Bertz CT molecular complexity index is 1000. The molecular formula is C45H84N2O7S. The first-order valence-corrected chi connectivity index (χ1v) is 24.3. The highest BCUT2D eigenvalue weighted by atomic mass is 32.2. The summed E-state index contributed by atoms with van der Waals surface area (Å²) >= 11 is 0. The fourth-order valence-corrected chi connectivity index (χ4v) is 7.75. The summed E-state index contributed by atoms with van der Waals surface area (Å²) < 4.78 is 44.0. The van der Waals surface area contributed by atoms with Crippen molar-refractivity contribution in [3.8, 4) is 0 Å². The van der Waals surface area contributed by atoms with Crippen molar-refractivity contribution in [2.45, 2.75) is 213 Å². The number of carbonyl (C=O) groups is 2. The summed E-state index contributed by atoms with van der Waals surface area (Å²) in [5.74, 6) is -0.757. The number of nitrogens with one attached hydrogen (secondary N) is 1. The van der Waals surface area contributed by atoms with Gasteiger partial charge in [-0.1, -0.05) is 141 Å². The lowest BCUT2D eigenvalue weighted by Gasteiger charge is -2.19. The lowest BCUT2D eigenvalue weighted by Crippen LogP contribution is -2.43. The van der Waals surface area contributed by atoms with E-state index >= 15 is 0 Å². The summed E-state index contributed by atoms with van der Waals surface area (Å²) in [6, 6.07) is -0.923. The van der Waals surface area contributed by atoms with Crippen molar-refractivity contribution in [3.05, 3.63) is 24.3 Å². The number of hydrogen-bond acceptors (Lipinski definition) is 8. The van der Waals surface area contributed by atoms with E-state index in [9.17, 15) is 18.0 Å². The number of unbranched alkanes of at least 4 members (excludes halogenated alkanes) is 22. The summed E-state index contributed by atoms with van der Waals surface area (Å²) in [7, 11) is -4.12. The summed E-state index contributed by atoms with van der Waals surface area (Å²) in [5.41, 5.74) is 0. The van der Waals surface area contributed by atoms with Gasteiger partial charge >= 0.3 is 22.2 Å². The van der Waals surface area contributed by atoms with E-state index in [2.05, 4.69) is 47.8 Å². The first-order chi connectivity index (χ1) is 26.9. The van der Waals surface area contributed by atoms with E-state index in [1.165, 1.54) is 89.9 Å². The molecular weight excluding hydrogens is 713 g/mol. The summed E-state index contributed by atoms with van der Waals surface area (Å²) in [5, 5.41) is 0. The number of likely N-dealkylation sites (tertiary alicyclic amines) is 1. The smallest absolute Gasteiger partial charge is 0.336 e. The minimum Gasteiger partial charge on any atom is -0.464 e. The maximum atomic E-state index is 12.7. The van der Waals surface area contributed by atoms with Gasteiger partial charge in [0.25, 0.3) is 0 Å². The highest BCUT2D eigenvalue weighted by Gasteiger charge is 2.23. The summed E-state index contributed by atoms with van der Waals surface area (Å²) in [6.07, 6.45) is 42.7. The van der Waals surface area contributed by atoms with E-state index < -0.39 is 16.3 Å². The van der Waals surface area contributed by atoms with Gasteiger partial charge < -0.3 is 14.4 Å². The fraction of sp³-hybridized carbons (Fsp3) is 0.867. The monoisotopic (exact) mass is 797 g/mol. The molecule has 1 saturated heterocycles. The Morgan fingerprint density at radius 3 is 1.33 bits per heavy atom. The van der Waals surface area contributed by atoms with Crippen LogP contribution in [-0.4, -0.2) is 70.8 Å². The Balaban J connectivity index is 2.27. The van der Waals surface area contributed by atoms with E-state index in [-0.39, 0.29) is 44.6 Å². The van der Waals surface area contributed by atoms with Gasteiger partial charge in [-0.25, -0.2) is 0 Å². The van der Waals surface area contributed by atoms with Gasteiger partial charge in [0.1, 0.15) is 13.2 Å². The number of allylic oxidation sites excluding steroid dienone is 4. The van der Waals surface area contributed by atoms with Crippen LogP contribution in [0.3, 0.4) is 0 Å². The molecule has 0 unspecified atom stereocenters. The molecule has 1 aliphatic heterocycles. The number of rotatable bonds is 40. The van der Waals surface area contributed by atoms with Gasteiger partial charge in [-0.2, -0.15) is 13.1 Å². The summed E-state index contributed by atoms with van der Waals surface area (Å²) in [6.45, 7) is 6.51. The number of carbonyl (C=O) groups excluding carboxylic acids is 2. The number of hydrogen-bond donors (Lipinski definition) is 1. The summed E-state index contributed by atoms with van der Waals surface area (Å²) in [4.78, 5) is 27.2. The van der Waals surface area contributed by atoms with Crippen LogP contribution in [0.25, 0.3) is 0 Å². The van der Waals surface area contributed by atoms with E-state index in [4.69, 9.17) is 13.7 Å². The second-order valence-corrected chi connectivity index (χ2v) is 17.1. The van der Waals surface area contributed by atoms with Gasteiger partial charge in [0.05, 0.1) is 12.6 Å². The van der Waals surface area contributed by atoms with Gasteiger partial charge in [0, 0.05) is 19.4 Å². The molecule has 55 heavy (non-hydrogen) atoms. The van der Waals surface area contributed by atoms with Crippen molar-refractivity contribution in [1.29, 1.82) is 0 Å². The second kappa shape index (κ2) is 37.8. The van der Waals surface area contributed by atoms with Crippen molar-refractivity contribution in [2.75, 3.05) is 39.5 Å². The first kappa shape index (κ1) is 51.3. The molecule has 10 heteroatoms. The van der Waals surface area contributed by atoms with Crippen LogP contribution in [-0.2, 0) is 33.6 Å². The molecule has 0 amide bonds. The van der Waals surface area contributed by atoms with Crippen LogP contribution >= 0.6 is 0 Å². The van der Waals surface area contributed by atoms with Gasteiger partial charge in [-0.05, 0) is 90.1 Å². The van der Waals surface area contributed by atoms with Gasteiger partial charge in [-0.15, -0.1) is 0 Å². The lowest BCUT2D eigenvalue weighted by molar-refractivity contribution is -0.147. The van der Waals surface area contributed by atoms with Crippen molar-refractivity contribution in [1.82, 2.24) is 9.62 Å². The van der Waals surface area contributed by atoms with Crippen LogP contribution in [0, 0.1) is 0 Å². The van der Waals surface area contributed by atoms with Crippen LogP contribution in [0.5, 0.6) is 0 Å².